The Morgan fingerprint density at radius 1 is 1.00 bits per heavy atom. The molecule has 3 heterocycles. The summed E-state index contributed by atoms with van der Waals surface area (Å²) in [4.78, 5) is 26.9. The summed E-state index contributed by atoms with van der Waals surface area (Å²) >= 11 is 0. The van der Waals surface area contributed by atoms with Gasteiger partial charge in [-0.2, -0.15) is 4.98 Å². The first-order valence-corrected chi connectivity index (χ1v) is 12.6. The Morgan fingerprint density at radius 2 is 1.72 bits per heavy atom. The number of amides is 2. The van der Waals surface area contributed by atoms with Crippen molar-refractivity contribution in [3.05, 3.63) is 65.4 Å². The third kappa shape index (κ3) is 5.22. The zero-order valence-electron chi connectivity index (χ0n) is 21.2. The van der Waals surface area contributed by atoms with Crippen LogP contribution in [0.25, 0.3) is 0 Å². The maximum Gasteiger partial charge on any atom is 0.322 e. The molecule has 1 aromatic heterocycles. The normalized spacial score (nSPS) is 15.9. The van der Waals surface area contributed by atoms with Crippen LogP contribution in [0.2, 0.25) is 0 Å². The number of anilines is 2. The maximum absolute atomic E-state index is 13.1. The van der Waals surface area contributed by atoms with E-state index in [0.717, 1.165) is 48.4 Å². The molecule has 8 nitrogen and oxygen atoms in total. The number of fused-ring (bicyclic) bond motifs is 1. The first kappa shape index (κ1) is 23.9. The Balaban J connectivity index is 1.44. The zero-order chi connectivity index (χ0) is 25.1. The number of methoxy groups -OCH3 is 1. The Hall–Kier alpha value is -3.81. The molecule has 0 unspecified atom stereocenters. The lowest BCUT2D eigenvalue weighted by molar-refractivity contribution is 0.205. The molecule has 1 N–H and O–H groups in total. The van der Waals surface area contributed by atoms with E-state index in [-0.39, 0.29) is 6.03 Å². The lowest BCUT2D eigenvalue weighted by Crippen LogP contribution is -2.40. The van der Waals surface area contributed by atoms with Crippen LogP contribution in [0, 0.1) is 12.8 Å². The van der Waals surface area contributed by atoms with Crippen molar-refractivity contribution in [1.29, 1.82) is 0 Å². The molecule has 8 heteroatoms. The number of aromatic nitrogens is 2. The number of hydrogen-bond donors (Lipinski definition) is 1. The van der Waals surface area contributed by atoms with E-state index in [1.807, 2.05) is 55.5 Å². The second-order valence-electron chi connectivity index (χ2n) is 9.64. The van der Waals surface area contributed by atoms with E-state index in [9.17, 15) is 4.79 Å². The topological polar surface area (TPSA) is 79.8 Å². The summed E-state index contributed by atoms with van der Waals surface area (Å²) in [5, 5.41) is 3.00. The molecule has 0 bridgehead atoms. The second kappa shape index (κ2) is 10.4. The van der Waals surface area contributed by atoms with Gasteiger partial charge in [0.2, 0.25) is 11.8 Å². The van der Waals surface area contributed by atoms with E-state index in [1.54, 1.807) is 12.0 Å². The van der Waals surface area contributed by atoms with Crippen LogP contribution in [-0.2, 0) is 13.0 Å². The van der Waals surface area contributed by atoms with Gasteiger partial charge in [0.05, 0.1) is 24.9 Å². The minimum atomic E-state index is -0.151. The van der Waals surface area contributed by atoms with Crippen LogP contribution in [0.5, 0.6) is 17.4 Å². The van der Waals surface area contributed by atoms with Crippen molar-refractivity contribution in [2.24, 2.45) is 5.92 Å². The number of piperidine rings is 1. The highest BCUT2D eigenvalue weighted by Gasteiger charge is 2.29. The second-order valence-corrected chi connectivity index (χ2v) is 9.64. The predicted molar refractivity (Wildman–Crippen MR) is 140 cm³/mol. The van der Waals surface area contributed by atoms with Gasteiger partial charge in [-0.25, -0.2) is 9.78 Å². The number of nitrogens with one attached hydrogen (secondary N) is 1. The first-order chi connectivity index (χ1) is 17.5. The molecule has 2 amide bonds. The number of ether oxygens (including phenoxy) is 2. The summed E-state index contributed by atoms with van der Waals surface area (Å²) in [6.45, 7) is 7.12. The highest BCUT2D eigenvalue weighted by Crippen LogP contribution is 2.36. The van der Waals surface area contributed by atoms with Gasteiger partial charge in [-0.3, -0.25) is 0 Å². The van der Waals surface area contributed by atoms with Crippen molar-refractivity contribution in [3.8, 4) is 17.4 Å². The molecule has 188 valence electrons. The Bertz CT molecular complexity index is 1220. The van der Waals surface area contributed by atoms with E-state index in [2.05, 4.69) is 17.1 Å². The van der Waals surface area contributed by atoms with Crippen molar-refractivity contribution >= 4 is 17.7 Å². The summed E-state index contributed by atoms with van der Waals surface area (Å²) in [5.74, 6) is 3.10. The van der Waals surface area contributed by atoms with Gasteiger partial charge in [0.15, 0.2) is 11.5 Å². The zero-order valence-corrected chi connectivity index (χ0v) is 21.2. The standard InChI is InChI=1S/C28H33N5O3/c1-19-8-10-21(11-9-19)29-28(34)33-17-14-23-22(18-33)26(36-25-7-5-4-6-24(25)35-3)31-27(30-23)32-15-12-20(2)13-16-32/h4-11,20H,12-18H2,1-3H3,(H,29,34). The number of urea groups is 1. The van der Waals surface area contributed by atoms with Crippen LogP contribution in [0.15, 0.2) is 48.5 Å². The SMILES string of the molecule is COc1ccccc1Oc1nc(N2CCC(C)CC2)nc2c1CN(C(=O)Nc1ccc(C)cc1)CC2. The van der Waals surface area contributed by atoms with E-state index >= 15 is 0 Å². The number of aryl methyl sites for hydroxylation is 1. The van der Waals surface area contributed by atoms with Crippen LogP contribution in [-0.4, -0.2) is 47.6 Å². The third-order valence-electron chi connectivity index (χ3n) is 6.94. The first-order valence-electron chi connectivity index (χ1n) is 12.6. The monoisotopic (exact) mass is 487 g/mol. The molecule has 36 heavy (non-hydrogen) atoms. The Kier molecular flexibility index (Phi) is 6.93. The van der Waals surface area contributed by atoms with Gasteiger partial charge in [0.25, 0.3) is 0 Å². The van der Waals surface area contributed by atoms with Crippen molar-refractivity contribution in [2.45, 2.75) is 39.7 Å². The molecule has 2 aromatic carbocycles. The molecule has 2 aliphatic rings. The quantitative estimate of drug-likeness (QED) is 0.518. The van der Waals surface area contributed by atoms with Gasteiger partial charge in [-0.1, -0.05) is 36.8 Å². The van der Waals surface area contributed by atoms with Crippen molar-refractivity contribution in [2.75, 3.05) is 37.0 Å². The predicted octanol–water partition coefficient (Wildman–Crippen LogP) is 5.41. The Morgan fingerprint density at radius 3 is 2.44 bits per heavy atom. The Labute approximate surface area is 212 Å². The summed E-state index contributed by atoms with van der Waals surface area (Å²) in [7, 11) is 1.62. The molecule has 0 spiro atoms. The molecular formula is C28H33N5O3. The van der Waals surface area contributed by atoms with Gasteiger partial charge in [-0.05, 0) is 49.9 Å². The third-order valence-corrected chi connectivity index (χ3v) is 6.94. The average molecular weight is 488 g/mol. The fourth-order valence-corrected chi connectivity index (χ4v) is 4.63. The molecule has 0 atom stereocenters. The number of hydrogen-bond acceptors (Lipinski definition) is 6. The van der Waals surface area contributed by atoms with Crippen molar-refractivity contribution < 1.29 is 14.3 Å². The van der Waals surface area contributed by atoms with E-state index in [4.69, 9.17) is 19.4 Å². The fourth-order valence-electron chi connectivity index (χ4n) is 4.63. The highest BCUT2D eigenvalue weighted by atomic mass is 16.5. The number of para-hydroxylation sites is 2. The van der Waals surface area contributed by atoms with Crippen molar-refractivity contribution in [3.63, 3.8) is 0 Å². The molecule has 0 radical (unpaired) electrons. The summed E-state index contributed by atoms with van der Waals surface area (Å²) in [5.41, 5.74) is 3.69. The van der Waals surface area contributed by atoms with E-state index < -0.39 is 0 Å². The van der Waals surface area contributed by atoms with Gasteiger partial charge >= 0.3 is 6.03 Å². The molecular weight excluding hydrogens is 454 g/mol. The van der Waals surface area contributed by atoms with Gasteiger partial charge < -0.3 is 24.6 Å². The lowest BCUT2D eigenvalue weighted by Gasteiger charge is -2.33. The van der Waals surface area contributed by atoms with Crippen LogP contribution in [0.1, 0.15) is 36.6 Å². The molecule has 3 aromatic rings. The molecule has 0 saturated carbocycles. The smallest absolute Gasteiger partial charge is 0.322 e. The summed E-state index contributed by atoms with van der Waals surface area (Å²) < 4.78 is 11.9. The van der Waals surface area contributed by atoms with Crippen LogP contribution in [0.4, 0.5) is 16.4 Å². The maximum atomic E-state index is 13.1. The molecule has 0 aliphatic carbocycles. The van der Waals surface area contributed by atoms with Gasteiger partial charge in [0, 0.05) is 31.7 Å². The largest absolute Gasteiger partial charge is 0.493 e. The van der Waals surface area contributed by atoms with Crippen LogP contribution in [0.3, 0.4) is 0 Å². The molecule has 1 saturated heterocycles. The van der Waals surface area contributed by atoms with Crippen LogP contribution >= 0.6 is 0 Å². The number of carbonyl (C=O) groups excluding carboxylic acids is 1. The molecule has 5 rings (SSSR count). The lowest BCUT2D eigenvalue weighted by atomic mass is 9.99. The van der Waals surface area contributed by atoms with Crippen LogP contribution < -0.4 is 19.7 Å². The van der Waals surface area contributed by atoms with Gasteiger partial charge in [0.1, 0.15) is 0 Å². The number of carbonyl (C=O) groups is 1. The van der Waals surface area contributed by atoms with E-state index in [0.29, 0.717) is 48.8 Å². The fraction of sp³-hybridized carbons (Fsp3) is 0.393. The highest BCUT2D eigenvalue weighted by molar-refractivity contribution is 5.89. The molecule has 2 aliphatic heterocycles. The average Bonchev–Trinajstić information content (AvgIpc) is 2.90. The molecule has 1 fully saturated rings. The minimum absolute atomic E-state index is 0.151. The summed E-state index contributed by atoms with van der Waals surface area (Å²) in [6, 6.07) is 15.2. The number of rotatable bonds is 5. The number of nitrogens with zero attached hydrogens (tertiary/aromatic N) is 4. The summed E-state index contributed by atoms with van der Waals surface area (Å²) in [6.07, 6.45) is 2.88. The number of benzene rings is 2. The van der Waals surface area contributed by atoms with Gasteiger partial charge in [-0.15, -0.1) is 0 Å². The minimum Gasteiger partial charge on any atom is -0.493 e. The van der Waals surface area contributed by atoms with Crippen molar-refractivity contribution in [1.82, 2.24) is 14.9 Å². The van der Waals surface area contributed by atoms with E-state index in [1.165, 1.54) is 0 Å².